The molecule has 0 aliphatic heterocycles. The molecule has 96 valence electrons. The topological polar surface area (TPSA) is 41.5 Å². The molecule has 0 heterocycles. The van der Waals surface area contributed by atoms with Crippen molar-refractivity contribution in [3.8, 4) is 5.75 Å². The third-order valence-corrected chi connectivity index (χ3v) is 2.59. The first-order valence-electron chi connectivity index (χ1n) is 6.23. The zero-order valence-electron chi connectivity index (χ0n) is 10.9. The molecular formula is C14H23NO2. The van der Waals surface area contributed by atoms with Crippen molar-refractivity contribution in [1.29, 1.82) is 0 Å². The fraction of sp³-hybridized carbons (Fsp3) is 0.571. The van der Waals surface area contributed by atoms with Gasteiger partial charge in [-0.1, -0.05) is 12.1 Å². The molecule has 1 atom stereocenters. The van der Waals surface area contributed by atoms with Crippen LogP contribution in [0, 0.1) is 0 Å². The van der Waals surface area contributed by atoms with Crippen LogP contribution in [0.5, 0.6) is 5.75 Å². The Kier molecular flexibility index (Phi) is 6.01. The number of phenols is 1. The number of hydrogen-bond donors (Lipinski definition) is 2. The maximum Gasteiger partial charge on any atom is 0.115 e. The summed E-state index contributed by atoms with van der Waals surface area (Å²) in [7, 11) is 0. The first-order valence-corrected chi connectivity index (χ1v) is 6.23. The quantitative estimate of drug-likeness (QED) is 0.716. The van der Waals surface area contributed by atoms with Gasteiger partial charge in [-0.3, -0.25) is 0 Å². The number of phenolic OH excluding ortho intramolecular Hbond substituents is 1. The van der Waals surface area contributed by atoms with E-state index in [4.69, 9.17) is 4.74 Å². The van der Waals surface area contributed by atoms with Gasteiger partial charge in [-0.05, 0) is 51.4 Å². The monoisotopic (exact) mass is 237 g/mol. The molecule has 0 radical (unpaired) electrons. The van der Waals surface area contributed by atoms with Crippen LogP contribution in [0.4, 0.5) is 0 Å². The Bertz CT molecular complexity index is 326. The zero-order chi connectivity index (χ0) is 12.7. The van der Waals surface area contributed by atoms with Crippen molar-refractivity contribution < 1.29 is 9.84 Å². The van der Waals surface area contributed by atoms with Gasteiger partial charge in [0.05, 0.1) is 6.10 Å². The molecule has 0 aromatic heterocycles. The third kappa shape index (κ3) is 5.71. The molecule has 3 nitrogen and oxygen atoms in total. The number of aromatic hydroxyl groups is 1. The molecule has 0 spiro atoms. The minimum atomic E-state index is 0.251. The molecule has 2 N–H and O–H groups in total. The molecule has 0 saturated carbocycles. The van der Waals surface area contributed by atoms with Crippen LogP contribution in [0.25, 0.3) is 0 Å². The highest BCUT2D eigenvalue weighted by Gasteiger charge is 2.04. The minimum Gasteiger partial charge on any atom is -0.508 e. The van der Waals surface area contributed by atoms with E-state index in [0.717, 1.165) is 25.1 Å². The first-order chi connectivity index (χ1) is 8.09. The molecule has 0 fully saturated rings. The molecule has 0 aliphatic carbocycles. The highest BCUT2D eigenvalue weighted by Crippen LogP contribution is 2.17. The van der Waals surface area contributed by atoms with Gasteiger partial charge < -0.3 is 15.2 Å². The predicted octanol–water partition coefficient (Wildman–Crippen LogP) is 2.86. The highest BCUT2D eigenvalue weighted by molar-refractivity contribution is 5.28. The first kappa shape index (κ1) is 14.0. The van der Waals surface area contributed by atoms with Gasteiger partial charge >= 0.3 is 0 Å². The number of rotatable bonds is 7. The van der Waals surface area contributed by atoms with E-state index in [2.05, 4.69) is 12.2 Å². The Morgan fingerprint density at radius 3 is 2.71 bits per heavy atom. The van der Waals surface area contributed by atoms with Crippen LogP contribution in [-0.4, -0.2) is 24.4 Å². The van der Waals surface area contributed by atoms with E-state index in [0.29, 0.717) is 11.9 Å². The van der Waals surface area contributed by atoms with Crippen LogP contribution in [-0.2, 0) is 4.74 Å². The summed E-state index contributed by atoms with van der Waals surface area (Å²) in [6.07, 6.45) is 1.31. The molecule has 1 unspecified atom stereocenters. The van der Waals surface area contributed by atoms with Crippen molar-refractivity contribution in [3.05, 3.63) is 29.8 Å². The molecule has 0 amide bonds. The molecule has 3 heteroatoms. The number of ether oxygens (including phenoxy) is 1. The van der Waals surface area contributed by atoms with Gasteiger partial charge in [0.25, 0.3) is 0 Å². The number of benzene rings is 1. The Labute approximate surface area is 104 Å². The molecule has 1 aromatic rings. The standard InChI is InChI=1S/C14H23NO2/c1-11(2)17-9-5-8-15-12(3)13-6-4-7-14(16)10-13/h4,6-7,10-12,15-16H,5,8-9H2,1-3H3. The summed E-state index contributed by atoms with van der Waals surface area (Å²) < 4.78 is 5.47. The lowest BCUT2D eigenvalue weighted by atomic mass is 10.1. The third-order valence-electron chi connectivity index (χ3n) is 2.59. The lowest BCUT2D eigenvalue weighted by molar-refractivity contribution is 0.0768. The Hall–Kier alpha value is -1.06. The Morgan fingerprint density at radius 1 is 1.29 bits per heavy atom. The van der Waals surface area contributed by atoms with Crippen LogP contribution in [0.2, 0.25) is 0 Å². The lowest BCUT2D eigenvalue weighted by Gasteiger charge is -2.15. The summed E-state index contributed by atoms with van der Waals surface area (Å²) in [5.74, 6) is 0.319. The highest BCUT2D eigenvalue weighted by atomic mass is 16.5. The van der Waals surface area contributed by atoms with Crippen LogP contribution >= 0.6 is 0 Å². The summed E-state index contributed by atoms with van der Waals surface area (Å²) >= 11 is 0. The lowest BCUT2D eigenvalue weighted by Crippen LogP contribution is -2.21. The SMILES string of the molecule is CC(C)OCCCNC(C)c1cccc(O)c1. The fourth-order valence-electron chi connectivity index (χ4n) is 1.62. The van der Waals surface area contributed by atoms with Crippen molar-refractivity contribution in [3.63, 3.8) is 0 Å². The average Bonchev–Trinajstić information content (AvgIpc) is 2.28. The summed E-state index contributed by atoms with van der Waals surface area (Å²) in [6, 6.07) is 7.61. The molecule has 0 saturated heterocycles. The van der Waals surface area contributed by atoms with E-state index in [1.807, 2.05) is 26.0 Å². The summed E-state index contributed by atoms with van der Waals surface area (Å²) in [5.41, 5.74) is 1.11. The molecular weight excluding hydrogens is 214 g/mol. The summed E-state index contributed by atoms with van der Waals surface area (Å²) in [6.45, 7) is 7.89. The van der Waals surface area contributed by atoms with Gasteiger partial charge in [0.2, 0.25) is 0 Å². The van der Waals surface area contributed by atoms with Crippen LogP contribution in [0.15, 0.2) is 24.3 Å². The second kappa shape index (κ2) is 7.30. The maximum atomic E-state index is 9.38. The van der Waals surface area contributed by atoms with E-state index in [1.165, 1.54) is 0 Å². The van der Waals surface area contributed by atoms with Crippen molar-refractivity contribution in [2.45, 2.75) is 39.3 Å². The van der Waals surface area contributed by atoms with Gasteiger partial charge in [0, 0.05) is 12.6 Å². The van der Waals surface area contributed by atoms with Crippen molar-refractivity contribution in [2.75, 3.05) is 13.2 Å². The van der Waals surface area contributed by atoms with Crippen molar-refractivity contribution >= 4 is 0 Å². The number of nitrogens with one attached hydrogen (secondary N) is 1. The molecule has 0 aliphatic rings. The van der Waals surface area contributed by atoms with E-state index < -0.39 is 0 Å². The smallest absolute Gasteiger partial charge is 0.115 e. The second-order valence-corrected chi connectivity index (χ2v) is 4.54. The minimum absolute atomic E-state index is 0.251. The maximum absolute atomic E-state index is 9.38. The van der Waals surface area contributed by atoms with E-state index >= 15 is 0 Å². The van der Waals surface area contributed by atoms with Gasteiger partial charge in [-0.2, -0.15) is 0 Å². The summed E-state index contributed by atoms with van der Waals surface area (Å²) in [5, 5.41) is 12.8. The largest absolute Gasteiger partial charge is 0.508 e. The Morgan fingerprint density at radius 2 is 2.06 bits per heavy atom. The molecule has 17 heavy (non-hydrogen) atoms. The van der Waals surface area contributed by atoms with Gasteiger partial charge in [0.1, 0.15) is 5.75 Å². The fourth-order valence-corrected chi connectivity index (χ4v) is 1.62. The van der Waals surface area contributed by atoms with Gasteiger partial charge in [0.15, 0.2) is 0 Å². The molecule has 1 rings (SSSR count). The van der Waals surface area contributed by atoms with E-state index in [-0.39, 0.29) is 6.04 Å². The van der Waals surface area contributed by atoms with E-state index in [9.17, 15) is 5.11 Å². The van der Waals surface area contributed by atoms with Crippen molar-refractivity contribution in [1.82, 2.24) is 5.32 Å². The Balaban J connectivity index is 2.23. The second-order valence-electron chi connectivity index (χ2n) is 4.54. The van der Waals surface area contributed by atoms with Crippen LogP contribution < -0.4 is 5.32 Å². The molecule has 1 aromatic carbocycles. The van der Waals surface area contributed by atoms with Crippen LogP contribution in [0.1, 0.15) is 38.8 Å². The zero-order valence-corrected chi connectivity index (χ0v) is 10.9. The van der Waals surface area contributed by atoms with E-state index in [1.54, 1.807) is 12.1 Å². The normalized spacial score (nSPS) is 12.9. The number of hydrogen-bond acceptors (Lipinski definition) is 3. The van der Waals surface area contributed by atoms with Crippen LogP contribution in [0.3, 0.4) is 0 Å². The van der Waals surface area contributed by atoms with Gasteiger partial charge in [-0.25, -0.2) is 0 Å². The predicted molar refractivity (Wildman–Crippen MR) is 70.2 cm³/mol. The van der Waals surface area contributed by atoms with Gasteiger partial charge in [-0.15, -0.1) is 0 Å². The van der Waals surface area contributed by atoms with Crippen molar-refractivity contribution in [2.24, 2.45) is 0 Å². The average molecular weight is 237 g/mol. The summed E-state index contributed by atoms with van der Waals surface area (Å²) in [4.78, 5) is 0. The molecule has 0 bridgehead atoms.